The molecular weight excluding hydrogens is 398 g/mol. The Balaban J connectivity index is 1.54. The number of carbonyl (C=O) groups is 2. The third-order valence-electron chi connectivity index (χ3n) is 5.56. The number of ketones is 1. The Morgan fingerprint density at radius 1 is 1.03 bits per heavy atom. The maximum Gasteiger partial charge on any atom is 0.342 e. The van der Waals surface area contributed by atoms with Crippen LogP contribution in [0.3, 0.4) is 0 Å². The number of carbonyl (C=O) groups excluding carboxylic acids is 2. The van der Waals surface area contributed by atoms with Crippen LogP contribution in [0.1, 0.15) is 43.5 Å². The third-order valence-corrected chi connectivity index (χ3v) is 5.56. The van der Waals surface area contributed by atoms with E-state index in [1.54, 1.807) is 25.6 Å². The zero-order chi connectivity index (χ0) is 22.3. The fourth-order valence-corrected chi connectivity index (χ4v) is 3.96. The first-order valence-corrected chi connectivity index (χ1v) is 10.1. The summed E-state index contributed by atoms with van der Waals surface area (Å²) in [7, 11) is 1.76. The van der Waals surface area contributed by atoms with Gasteiger partial charge in [-0.25, -0.2) is 4.79 Å². The van der Waals surface area contributed by atoms with Crippen LogP contribution in [0, 0.1) is 27.7 Å². The molecule has 0 aliphatic carbocycles. The van der Waals surface area contributed by atoms with Crippen LogP contribution in [-0.2, 0) is 11.8 Å². The number of Topliss-reactive ketones (excluding diaryl/α,β-unsaturated/α-hetero) is 1. The van der Waals surface area contributed by atoms with E-state index in [9.17, 15) is 9.59 Å². The Morgan fingerprint density at radius 3 is 2.42 bits per heavy atom. The highest BCUT2D eigenvalue weighted by Crippen LogP contribution is 2.33. The molecule has 8 nitrogen and oxygen atoms in total. The van der Waals surface area contributed by atoms with Crippen molar-refractivity contribution in [3.63, 3.8) is 0 Å². The zero-order valence-corrected chi connectivity index (χ0v) is 18.3. The van der Waals surface area contributed by atoms with Crippen LogP contribution >= 0.6 is 0 Å². The van der Waals surface area contributed by atoms with Crippen LogP contribution in [0.4, 0.5) is 0 Å². The van der Waals surface area contributed by atoms with Crippen molar-refractivity contribution >= 4 is 11.8 Å². The van der Waals surface area contributed by atoms with E-state index in [1.807, 2.05) is 42.7 Å². The summed E-state index contributed by atoms with van der Waals surface area (Å²) in [6, 6.07) is 7.50. The van der Waals surface area contributed by atoms with Crippen LogP contribution in [0.5, 0.6) is 11.5 Å². The second kappa shape index (κ2) is 7.94. The second-order valence-corrected chi connectivity index (χ2v) is 7.62. The lowest BCUT2D eigenvalue weighted by Crippen LogP contribution is -2.16. The van der Waals surface area contributed by atoms with Crippen LogP contribution in [0.15, 0.2) is 24.3 Å². The molecule has 0 saturated heterocycles. The van der Waals surface area contributed by atoms with Gasteiger partial charge in [0.15, 0.2) is 18.1 Å². The number of fused-ring (bicyclic) bond motifs is 1. The summed E-state index contributed by atoms with van der Waals surface area (Å²) in [5.41, 5.74) is 4.72. The van der Waals surface area contributed by atoms with Crippen LogP contribution in [0.25, 0.3) is 5.69 Å². The van der Waals surface area contributed by atoms with Gasteiger partial charge in [-0.05, 0) is 45.9 Å². The molecule has 0 radical (unpaired) electrons. The van der Waals surface area contributed by atoms with Gasteiger partial charge in [-0.1, -0.05) is 0 Å². The quantitative estimate of drug-likeness (QED) is 0.463. The monoisotopic (exact) mass is 423 g/mol. The van der Waals surface area contributed by atoms with Gasteiger partial charge >= 0.3 is 5.97 Å². The third kappa shape index (κ3) is 3.69. The van der Waals surface area contributed by atoms with Crippen LogP contribution in [-0.4, -0.2) is 45.9 Å². The standard InChI is InChI=1S/C23H25N3O5/c1-13-10-18(19(27)12-31-23(28)22-14(2)24-25(5)16(22)4)15(3)26(13)17-6-7-20-21(11-17)30-9-8-29-20/h6-7,10-11H,8-9,12H2,1-5H3. The van der Waals surface area contributed by atoms with E-state index >= 15 is 0 Å². The van der Waals surface area contributed by atoms with Crippen LogP contribution in [0.2, 0.25) is 0 Å². The molecule has 31 heavy (non-hydrogen) atoms. The van der Waals surface area contributed by atoms with E-state index in [-0.39, 0.29) is 12.4 Å². The van der Waals surface area contributed by atoms with Gasteiger partial charge in [0.25, 0.3) is 0 Å². The van der Waals surface area contributed by atoms with E-state index in [1.165, 1.54) is 0 Å². The number of rotatable bonds is 5. The topological polar surface area (TPSA) is 84.6 Å². The normalized spacial score (nSPS) is 12.7. The van der Waals surface area contributed by atoms with Gasteiger partial charge in [-0.3, -0.25) is 9.48 Å². The summed E-state index contributed by atoms with van der Waals surface area (Å²) < 4.78 is 20.2. The van der Waals surface area contributed by atoms with Crippen molar-refractivity contribution in [2.45, 2.75) is 27.7 Å². The fraction of sp³-hybridized carbons (Fsp3) is 0.348. The van der Waals surface area contributed by atoms with E-state index in [0.717, 1.165) is 17.1 Å². The Morgan fingerprint density at radius 2 is 1.74 bits per heavy atom. The lowest BCUT2D eigenvalue weighted by Gasteiger charge is -2.20. The molecule has 1 aromatic carbocycles. The van der Waals surface area contributed by atoms with Gasteiger partial charge < -0.3 is 18.8 Å². The molecular formula is C23H25N3O5. The lowest BCUT2D eigenvalue weighted by atomic mass is 10.1. The molecule has 0 amide bonds. The summed E-state index contributed by atoms with van der Waals surface area (Å²) in [6.07, 6.45) is 0. The molecule has 0 bridgehead atoms. The maximum absolute atomic E-state index is 12.8. The second-order valence-electron chi connectivity index (χ2n) is 7.62. The van der Waals surface area contributed by atoms with Crippen molar-refractivity contribution in [3.05, 3.63) is 58.2 Å². The molecule has 162 valence electrons. The molecule has 3 aromatic rings. The minimum Gasteiger partial charge on any atom is -0.486 e. The van der Waals surface area contributed by atoms with Gasteiger partial charge in [-0.2, -0.15) is 5.10 Å². The summed E-state index contributed by atoms with van der Waals surface area (Å²) in [4.78, 5) is 25.3. The lowest BCUT2D eigenvalue weighted by molar-refractivity contribution is 0.0473. The number of aromatic nitrogens is 3. The Kier molecular flexibility index (Phi) is 5.31. The van der Waals surface area contributed by atoms with Gasteiger partial charge in [0.05, 0.1) is 5.69 Å². The largest absolute Gasteiger partial charge is 0.486 e. The maximum atomic E-state index is 12.8. The van der Waals surface area contributed by atoms with Gasteiger partial charge in [0.2, 0.25) is 5.78 Å². The molecule has 8 heteroatoms. The minimum absolute atomic E-state index is 0.260. The summed E-state index contributed by atoms with van der Waals surface area (Å²) in [6.45, 7) is 8.03. The Bertz CT molecular complexity index is 1190. The van der Waals surface area contributed by atoms with Crippen molar-refractivity contribution < 1.29 is 23.8 Å². The highest BCUT2D eigenvalue weighted by atomic mass is 16.6. The SMILES string of the molecule is Cc1nn(C)c(C)c1C(=O)OCC(=O)c1cc(C)n(-c2ccc3c(c2)OCCO3)c1C. The van der Waals surface area contributed by atoms with Crippen molar-refractivity contribution in [1.29, 1.82) is 0 Å². The van der Waals surface area contributed by atoms with E-state index < -0.39 is 5.97 Å². The number of esters is 1. The first-order chi connectivity index (χ1) is 14.8. The van der Waals surface area contributed by atoms with E-state index in [4.69, 9.17) is 14.2 Å². The number of hydrogen-bond donors (Lipinski definition) is 0. The summed E-state index contributed by atoms with van der Waals surface area (Å²) in [5.74, 6) is 0.587. The Labute approximate surface area is 180 Å². The smallest absolute Gasteiger partial charge is 0.342 e. The van der Waals surface area contributed by atoms with Gasteiger partial charge in [0, 0.05) is 41.4 Å². The van der Waals surface area contributed by atoms with Crippen molar-refractivity contribution in [1.82, 2.24) is 14.3 Å². The summed E-state index contributed by atoms with van der Waals surface area (Å²) >= 11 is 0. The zero-order valence-electron chi connectivity index (χ0n) is 18.3. The molecule has 0 saturated carbocycles. The molecule has 0 fully saturated rings. The minimum atomic E-state index is -0.544. The van der Waals surface area contributed by atoms with E-state index in [2.05, 4.69) is 5.10 Å². The number of aryl methyl sites for hydroxylation is 3. The molecule has 0 spiro atoms. The first-order valence-electron chi connectivity index (χ1n) is 10.1. The molecule has 1 aliphatic heterocycles. The number of hydrogen-bond acceptors (Lipinski definition) is 6. The number of ether oxygens (including phenoxy) is 3. The fourth-order valence-electron chi connectivity index (χ4n) is 3.96. The molecule has 1 aliphatic rings. The molecule has 0 atom stereocenters. The Hall–Kier alpha value is -3.55. The highest BCUT2D eigenvalue weighted by Gasteiger charge is 2.23. The van der Waals surface area contributed by atoms with Gasteiger partial charge in [0.1, 0.15) is 18.8 Å². The predicted octanol–water partition coefficient (Wildman–Crippen LogP) is 3.26. The van der Waals surface area contributed by atoms with E-state index in [0.29, 0.717) is 47.2 Å². The van der Waals surface area contributed by atoms with Crippen molar-refractivity contribution in [3.8, 4) is 17.2 Å². The van der Waals surface area contributed by atoms with Crippen LogP contribution < -0.4 is 9.47 Å². The average Bonchev–Trinajstić information content (AvgIpc) is 3.19. The van der Waals surface area contributed by atoms with Crippen molar-refractivity contribution in [2.75, 3.05) is 19.8 Å². The highest BCUT2D eigenvalue weighted by molar-refractivity contribution is 6.01. The molecule has 0 N–H and O–H groups in total. The predicted molar refractivity (Wildman–Crippen MR) is 114 cm³/mol. The number of nitrogens with zero attached hydrogens (tertiary/aromatic N) is 3. The average molecular weight is 423 g/mol. The molecule has 4 rings (SSSR count). The molecule has 0 unspecified atom stereocenters. The molecule has 3 heterocycles. The number of benzene rings is 1. The summed E-state index contributed by atoms with van der Waals surface area (Å²) in [5, 5.41) is 4.22. The van der Waals surface area contributed by atoms with Crippen molar-refractivity contribution in [2.24, 2.45) is 7.05 Å². The molecule has 2 aromatic heterocycles. The first kappa shape index (κ1) is 20.7. The van der Waals surface area contributed by atoms with Gasteiger partial charge in [-0.15, -0.1) is 0 Å².